The molecule has 0 saturated carbocycles. The van der Waals surface area contributed by atoms with Crippen LogP contribution in [0, 0.1) is 0 Å². The minimum atomic E-state index is -2.40. The highest BCUT2D eigenvalue weighted by Crippen LogP contribution is 2.22. The quantitative estimate of drug-likeness (QED) is 0.516. The second-order valence-corrected chi connectivity index (χ2v) is 11.9. The zero-order valence-corrected chi connectivity index (χ0v) is 7.85. The first kappa shape index (κ1) is 8.24. The van der Waals surface area contributed by atoms with Crippen LogP contribution in [0.25, 0.3) is 0 Å². The van der Waals surface area contributed by atoms with E-state index < -0.39 is 5.56 Å². The maximum atomic E-state index is 5.43. The fourth-order valence-corrected chi connectivity index (χ4v) is 1.83. The van der Waals surface area contributed by atoms with E-state index >= 15 is 0 Å². The number of rotatable bonds is 2. The molecule has 0 heterocycles. The van der Waals surface area contributed by atoms with Gasteiger partial charge in [0.1, 0.15) is 0 Å². The zero-order chi connectivity index (χ0) is 5.91. The van der Waals surface area contributed by atoms with Crippen molar-refractivity contribution in [2.75, 3.05) is 6.61 Å². The van der Waals surface area contributed by atoms with Gasteiger partial charge in [-0.2, -0.15) is 0 Å². The summed E-state index contributed by atoms with van der Waals surface area (Å²) in [6, 6.07) is 0. The van der Waals surface area contributed by atoms with Gasteiger partial charge in [0.15, 0.2) is 0 Å². The van der Waals surface area contributed by atoms with Gasteiger partial charge in [-0.25, -0.2) is 0 Å². The van der Waals surface area contributed by atoms with E-state index in [0.717, 1.165) is 0 Å². The molecular weight excluding hydrogens is 219 g/mol. The summed E-state index contributed by atoms with van der Waals surface area (Å²) in [6.45, 7) is 2.40. The molecule has 0 aromatic heterocycles. The molecule has 0 saturated heterocycles. The van der Waals surface area contributed by atoms with Crippen molar-refractivity contribution >= 4 is 43.0 Å². The first-order valence-electron chi connectivity index (χ1n) is 1.77. The Labute approximate surface area is 61.1 Å². The summed E-state index contributed by atoms with van der Waals surface area (Å²) in [4.78, 5) is 0. The van der Waals surface area contributed by atoms with E-state index in [-0.39, 0.29) is 0 Å². The van der Waals surface area contributed by atoms with Crippen LogP contribution < -0.4 is 0 Å². The minimum absolute atomic E-state index is 0.560. The monoisotopic (exact) mass is 222 g/mol. The summed E-state index contributed by atoms with van der Waals surface area (Å²) in [5.41, 5.74) is -2.40. The molecule has 0 N–H and O–H groups in total. The molecule has 0 aromatic carbocycles. The third-order valence-electron chi connectivity index (χ3n) is 0.308. The van der Waals surface area contributed by atoms with Gasteiger partial charge in [0.25, 0.3) is 0 Å². The molecule has 0 fully saturated rings. The fourth-order valence-electron chi connectivity index (χ4n) is 0.164. The predicted molar refractivity (Wildman–Crippen MR) is 38.0 cm³/mol. The SMILES string of the molecule is CCO[Si](Cl)(Cl)Br. The van der Waals surface area contributed by atoms with Gasteiger partial charge in [-0.3, -0.25) is 0 Å². The maximum absolute atomic E-state index is 5.43. The zero-order valence-electron chi connectivity index (χ0n) is 3.75. The second kappa shape index (κ2) is 3.30. The summed E-state index contributed by atoms with van der Waals surface area (Å²) in [6.07, 6.45) is 0. The molecule has 7 heavy (non-hydrogen) atoms. The van der Waals surface area contributed by atoms with Gasteiger partial charge in [-0.15, -0.1) is 22.2 Å². The van der Waals surface area contributed by atoms with Crippen molar-refractivity contribution in [3.63, 3.8) is 0 Å². The van der Waals surface area contributed by atoms with Crippen molar-refractivity contribution in [3.05, 3.63) is 0 Å². The molecule has 0 amide bonds. The summed E-state index contributed by atoms with van der Waals surface area (Å²) in [7, 11) is 0. The molecule has 0 aliphatic rings. The van der Waals surface area contributed by atoms with Crippen LogP contribution in [0.1, 0.15) is 6.92 Å². The lowest BCUT2D eigenvalue weighted by molar-refractivity contribution is 0.362. The highest BCUT2D eigenvalue weighted by atomic mass is 79.9. The Balaban J connectivity index is 3.15. The lowest BCUT2D eigenvalue weighted by Gasteiger charge is -2.04. The van der Waals surface area contributed by atoms with E-state index in [1.165, 1.54) is 0 Å². The van der Waals surface area contributed by atoms with Gasteiger partial charge < -0.3 is 4.43 Å². The third-order valence-corrected chi connectivity index (χ3v) is 2.27. The van der Waals surface area contributed by atoms with E-state index in [1.807, 2.05) is 6.92 Å². The Bertz CT molecular complexity index is 54.1. The second-order valence-electron chi connectivity index (χ2n) is 0.879. The van der Waals surface area contributed by atoms with E-state index in [9.17, 15) is 0 Å². The lowest BCUT2D eigenvalue weighted by Crippen LogP contribution is -2.14. The van der Waals surface area contributed by atoms with E-state index in [0.29, 0.717) is 6.61 Å². The van der Waals surface area contributed by atoms with Crippen molar-refractivity contribution in [2.45, 2.75) is 6.92 Å². The molecule has 0 atom stereocenters. The Morgan fingerprint density at radius 1 is 1.71 bits per heavy atom. The largest absolute Gasteiger partial charge is 0.464 e. The standard InChI is InChI=1S/C2H5BrCl2OSi/c1-2-6-7(3,4)5/h2H2,1H3. The first-order chi connectivity index (χ1) is 3.06. The van der Waals surface area contributed by atoms with Crippen molar-refractivity contribution in [3.8, 4) is 0 Å². The van der Waals surface area contributed by atoms with E-state index in [1.54, 1.807) is 0 Å². The molecule has 44 valence electrons. The van der Waals surface area contributed by atoms with Gasteiger partial charge in [-0.05, 0) is 6.92 Å². The molecule has 0 bridgehead atoms. The first-order valence-corrected chi connectivity index (χ1v) is 7.96. The molecule has 5 heteroatoms. The molecule has 0 unspecified atom stereocenters. The Kier molecular flexibility index (Phi) is 3.88. The van der Waals surface area contributed by atoms with Crippen molar-refractivity contribution in [1.29, 1.82) is 0 Å². The van der Waals surface area contributed by atoms with Crippen LogP contribution in [0.3, 0.4) is 0 Å². The Hall–Kier alpha value is 1.24. The minimum Gasteiger partial charge on any atom is -0.385 e. The van der Waals surface area contributed by atoms with Gasteiger partial charge in [-0.1, -0.05) is 15.3 Å². The highest BCUT2D eigenvalue weighted by Gasteiger charge is 2.24. The number of hydrogen-bond donors (Lipinski definition) is 0. The topological polar surface area (TPSA) is 9.23 Å². The molecular formula is C2H5BrCl2OSi. The van der Waals surface area contributed by atoms with E-state index in [4.69, 9.17) is 26.6 Å². The van der Waals surface area contributed by atoms with Gasteiger partial charge >= 0.3 is 5.56 Å². The van der Waals surface area contributed by atoms with Crippen LogP contribution in [0.5, 0.6) is 0 Å². The van der Waals surface area contributed by atoms with Crippen molar-refractivity contribution < 1.29 is 4.43 Å². The smallest absolute Gasteiger partial charge is 0.385 e. The molecule has 0 radical (unpaired) electrons. The molecule has 1 nitrogen and oxygen atoms in total. The van der Waals surface area contributed by atoms with Gasteiger partial charge in [0.2, 0.25) is 0 Å². The summed E-state index contributed by atoms with van der Waals surface area (Å²) < 4.78 is 4.82. The van der Waals surface area contributed by atoms with Crippen molar-refractivity contribution in [2.24, 2.45) is 0 Å². The number of halogens is 3. The van der Waals surface area contributed by atoms with Crippen LogP contribution >= 0.6 is 37.5 Å². The van der Waals surface area contributed by atoms with Crippen LogP contribution in [0.2, 0.25) is 0 Å². The average molecular weight is 224 g/mol. The average Bonchev–Trinajstić information content (AvgIpc) is 1.30. The van der Waals surface area contributed by atoms with Crippen LogP contribution in [0.4, 0.5) is 0 Å². The van der Waals surface area contributed by atoms with Gasteiger partial charge in [0, 0.05) is 6.61 Å². The van der Waals surface area contributed by atoms with Crippen LogP contribution in [-0.2, 0) is 4.43 Å². The molecule has 0 aliphatic carbocycles. The summed E-state index contributed by atoms with van der Waals surface area (Å²) in [5, 5.41) is 0. The van der Waals surface area contributed by atoms with Crippen LogP contribution in [-0.4, -0.2) is 12.2 Å². The third kappa shape index (κ3) is 7.24. The van der Waals surface area contributed by atoms with Crippen LogP contribution in [0.15, 0.2) is 0 Å². The highest BCUT2D eigenvalue weighted by molar-refractivity contribution is 9.28. The predicted octanol–water partition coefficient (Wildman–Crippen LogP) is 2.33. The Morgan fingerprint density at radius 2 is 2.14 bits per heavy atom. The molecule has 0 spiro atoms. The fraction of sp³-hybridized carbons (Fsp3) is 1.00. The maximum Gasteiger partial charge on any atom is 0.464 e. The molecule has 0 rings (SSSR count). The van der Waals surface area contributed by atoms with Gasteiger partial charge in [0.05, 0.1) is 0 Å². The summed E-state index contributed by atoms with van der Waals surface area (Å²) >= 11 is 13.9. The Morgan fingerprint density at radius 3 is 2.14 bits per heavy atom. The summed E-state index contributed by atoms with van der Waals surface area (Å²) in [5.74, 6) is 0. The molecule has 0 aromatic rings. The van der Waals surface area contributed by atoms with Crippen molar-refractivity contribution in [1.82, 2.24) is 0 Å². The number of hydrogen-bond acceptors (Lipinski definition) is 1. The van der Waals surface area contributed by atoms with E-state index in [2.05, 4.69) is 15.3 Å². The lowest BCUT2D eigenvalue weighted by atomic mass is 10.9. The normalized spacial score (nSPS) is 12.0. The molecule has 0 aliphatic heterocycles.